The molecule has 1 aliphatic carbocycles. The number of carbonyl (C=O) groups is 1. The number of pyridine rings is 1. The molecule has 0 unspecified atom stereocenters. The quantitative estimate of drug-likeness (QED) is 0.770. The second-order valence-electron chi connectivity index (χ2n) is 9.00. The molecule has 0 aromatic carbocycles. The van der Waals surface area contributed by atoms with E-state index in [2.05, 4.69) is 33.7 Å². The van der Waals surface area contributed by atoms with Crippen LogP contribution in [0.3, 0.4) is 0 Å². The van der Waals surface area contributed by atoms with E-state index in [4.69, 9.17) is 0 Å². The van der Waals surface area contributed by atoms with E-state index in [-0.39, 0.29) is 11.3 Å². The maximum atomic E-state index is 13.7. The van der Waals surface area contributed by atoms with Gasteiger partial charge in [0.2, 0.25) is 0 Å². The zero-order chi connectivity index (χ0) is 19.5. The molecule has 1 saturated carbocycles. The number of nitrogens with zero attached hydrogens (tertiary/aromatic N) is 4. The first-order chi connectivity index (χ1) is 13.5. The van der Waals surface area contributed by atoms with Gasteiger partial charge in [-0.2, -0.15) is 0 Å². The Morgan fingerprint density at radius 3 is 2.79 bits per heavy atom. The van der Waals surface area contributed by atoms with Crippen molar-refractivity contribution in [3.05, 3.63) is 35.1 Å². The van der Waals surface area contributed by atoms with Crippen LogP contribution in [0.5, 0.6) is 0 Å². The van der Waals surface area contributed by atoms with Crippen molar-refractivity contribution in [2.45, 2.75) is 64.1 Å². The van der Waals surface area contributed by atoms with Crippen LogP contribution in [-0.2, 0) is 0 Å². The van der Waals surface area contributed by atoms with E-state index in [0.29, 0.717) is 18.1 Å². The van der Waals surface area contributed by atoms with Gasteiger partial charge >= 0.3 is 0 Å². The van der Waals surface area contributed by atoms with Crippen molar-refractivity contribution in [1.82, 2.24) is 19.8 Å². The molecule has 2 saturated heterocycles. The van der Waals surface area contributed by atoms with Crippen molar-refractivity contribution in [2.75, 3.05) is 13.6 Å². The average Bonchev–Trinajstić information content (AvgIpc) is 3.14. The third kappa shape index (κ3) is 2.65. The Hall–Kier alpha value is -1.79. The van der Waals surface area contributed by atoms with Crippen LogP contribution >= 0.6 is 11.3 Å². The molecule has 5 rings (SSSR count). The van der Waals surface area contributed by atoms with Gasteiger partial charge in [-0.1, -0.05) is 19.8 Å². The molecule has 28 heavy (non-hydrogen) atoms. The van der Waals surface area contributed by atoms with E-state index in [0.717, 1.165) is 34.8 Å². The van der Waals surface area contributed by atoms with Gasteiger partial charge in [0.05, 0.1) is 21.8 Å². The lowest BCUT2D eigenvalue weighted by Crippen LogP contribution is -2.55. The molecule has 0 spiro atoms. The second-order valence-corrected chi connectivity index (χ2v) is 9.85. The van der Waals surface area contributed by atoms with Gasteiger partial charge in [0.15, 0.2) is 0 Å². The predicted molar refractivity (Wildman–Crippen MR) is 111 cm³/mol. The second kappa shape index (κ2) is 6.63. The summed E-state index contributed by atoms with van der Waals surface area (Å²) in [5.41, 5.74) is 4.64. The summed E-state index contributed by atoms with van der Waals surface area (Å²) in [4.78, 5) is 28.3. The van der Waals surface area contributed by atoms with E-state index >= 15 is 0 Å². The van der Waals surface area contributed by atoms with Gasteiger partial charge in [-0.25, -0.2) is 4.98 Å². The highest BCUT2D eigenvalue weighted by molar-refractivity contribution is 7.13. The third-order valence-electron chi connectivity index (χ3n) is 7.50. The van der Waals surface area contributed by atoms with Crippen molar-refractivity contribution in [2.24, 2.45) is 5.41 Å². The smallest absolute Gasteiger partial charge is 0.254 e. The van der Waals surface area contributed by atoms with Crippen molar-refractivity contribution in [3.63, 3.8) is 0 Å². The van der Waals surface area contributed by atoms with E-state index in [9.17, 15) is 4.79 Å². The van der Waals surface area contributed by atoms with Gasteiger partial charge in [-0.05, 0) is 45.4 Å². The number of amides is 1. The molecule has 4 heterocycles. The molecule has 2 aromatic heterocycles. The van der Waals surface area contributed by atoms with Gasteiger partial charge in [-0.15, -0.1) is 11.3 Å². The third-order valence-corrected chi connectivity index (χ3v) is 8.45. The lowest BCUT2D eigenvalue weighted by molar-refractivity contribution is 0.0284. The Labute approximate surface area is 170 Å². The fourth-order valence-corrected chi connectivity index (χ4v) is 6.86. The topological polar surface area (TPSA) is 49.3 Å². The average molecular weight is 397 g/mol. The number of likely N-dealkylation sites (N-methyl/N-ethyl adjacent to an activating group) is 1. The van der Waals surface area contributed by atoms with Crippen molar-refractivity contribution in [3.8, 4) is 10.6 Å². The minimum atomic E-state index is 0.169. The number of fused-ring (bicyclic) bond motifs is 1. The molecule has 1 amide bonds. The maximum Gasteiger partial charge on any atom is 0.254 e. The first-order valence-electron chi connectivity index (χ1n) is 10.4. The molecular weight excluding hydrogens is 368 g/mol. The lowest BCUT2D eigenvalue weighted by Gasteiger charge is -2.46. The summed E-state index contributed by atoms with van der Waals surface area (Å²) in [6, 6.07) is 5.27. The maximum absolute atomic E-state index is 13.7. The highest BCUT2D eigenvalue weighted by atomic mass is 32.1. The van der Waals surface area contributed by atoms with Crippen LogP contribution in [0.25, 0.3) is 10.6 Å². The number of piperidine rings is 1. The minimum Gasteiger partial charge on any atom is -0.333 e. The summed E-state index contributed by atoms with van der Waals surface area (Å²) >= 11 is 1.58. The van der Waals surface area contributed by atoms with Crippen molar-refractivity contribution < 1.29 is 4.79 Å². The Kier molecular flexibility index (Phi) is 4.32. The van der Waals surface area contributed by atoms with Crippen molar-refractivity contribution >= 4 is 17.2 Å². The summed E-state index contributed by atoms with van der Waals surface area (Å²) in [6.07, 6.45) is 7.90. The fraction of sp³-hybridized carbons (Fsp3) is 0.591. The van der Waals surface area contributed by atoms with E-state index in [1.165, 1.54) is 25.7 Å². The molecule has 6 heteroatoms. The normalized spacial score (nSPS) is 32.4. The van der Waals surface area contributed by atoms with Crippen LogP contribution in [0.4, 0.5) is 0 Å². The number of rotatable bonds is 2. The van der Waals surface area contributed by atoms with Crippen LogP contribution in [0.1, 0.15) is 55.1 Å². The number of carbonyl (C=O) groups excluding carboxylic acids is 1. The summed E-state index contributed by atoms with van der Waals surface area (Å²) in [5.74, 6) is 0.169. The first-order valence-corrected chi connectivity index (χ1v) is 11.3. The molecule has 0 N–H and O–H groups in total. The highest BCUT2D eigenvalue weighted by Crippen LogP contribution is 2.52. The van der Waals surface area contributed by atoms with Gasteiger partial charge < -0.3 is 4.90 Å². The molecule has 0 radical (unpaired) electrons. The van der Waals surface area contributed by atoms with Crippen LogP contribution < -0.4 is 0 Å². The molecule has 2 aromatic rings. The number of hydrogen-bond donors (Lipinski definition) is 0. The number of thiazole rings is 1. The van der Waals surface area contributed by atoms with Crippen LogP contribution in [0, 0.1) is 12.3 Å². The number of hydrogen-bond acceptors (Lipinski definition) is 5. The largest absolute Gasteiger partial charge is 0.333 e. The van der Waals surface area contributed by atoms with Gasteiger partial charge in [-0.3, -0.25) is 14.7 Å². The minimum absolute atomic E-state index is 0.169. The first kappa shape index (κ1) is 18.3. The molecule has 3 aliphatic rings. The van der Waals surface area contributed by atoms with Crippen LogP contribution in [-0.4, -0.2) is 57.4 Å². The number of aryl methyl sites for hydroxylation is 1. The zero-order valence-corrected chi connectivity index (χ0v) is 17.7. The molecule has 2 aliphatic heterocycles. The van der Waals surface area contributed by atoms with Gasteiger partial charge in [0, 0.05) is 41.8 Å². The number of aromatic nitrogens is 2. The summed E-state index contributed by atoms with van der Waals surface area (Å²) < 4.78 is 0. The van der Waals surface area contributed by atoms with Gasteiger partial charge in [0.25, 0.3) is 5.91 Å². The van der Waals surface area contributed by atoms with Crippen LogP contribution in [0.2, 0.25) is 0 Å². The summed E-state index contributed by atoms with van der Waals surface area (Å²) in [5, 5.41) is 0. The van der Waals surface area contributed by atoms with Crippen molar-refractivity contribution in [1.29, 1.82) is 0 Å². The molecule has 3 fully saturated rings. The fourth-order valence-electron chi connectivity index (χ4n) is 6.09. The monoisotopic (exact) mass is 396 g/mol. The predicted octanol–water partition coefficient (Wildman–Crippen LogP) is 3.99. The van der Waals surface area contributed by atoms with Gasteiger partial charge in [0.1, 0.15) is 0 Å². The zero-order valence-electron chi connectivity index (χ0n) is 16.9. The summed E-state index contributed by atoms with van der Waals surface area (Å²) in [6.45, 7) is 5.28. The molecule has 148 valence electrons. The molecule has 5 nitrogen and oxygen atoms in total. The standard InChI is InChI=1S/C22H28N4OS/c1-14-20(28-13-24-14)17-10-15(8-9-23-17)21(27)26-12-16-11-22(2)18(25(16)3)6-4-5-7-19(22)26/h8-10,13,16,18-19H,4-7,11-12H2,1-3H3/t16-,18-,19+,22-/m0/s1. The SMILES string of the molecule is Cc1ncsc1-c1cc(C(=O)N2C[C@@H]3C[C@@]4(C)[C@H](CCCC[C@@H]24)N3C)ccn1. The molecule has 2 bridgehead atoms. The highest BCUT2D eigenvalue weighted by Gasteiger charge is 2.58. The Morgan fingerprint density at radius 1 is 1.25 bits per heavy atom. The Balaban J connectivity index is 1.50. The number of likely N-dealkylation sites (tertiary alicyclic amines) is 2. The molecule has 4 atom stereocenters. The van der Waals surface area contributed by atoms with Crippen LogP contribution in [0.15, 0.2) is 23.8 Å². The Bertz CT molecular complexity index is 911. The molecular formula is C22H28N4OS. The van der Waals surface area contributed by atoms with E-state index in [1.54, 1.807) is 17.5 Å². The van der Waals surface area contributed by atoms with E-state index < -0.39 is 0 Å². The summed E-state index contributed by atoms with van der Waals surface area (Å²) in [7, 11) is 2.27. The van der Waals surface area contributed by atoms with E-state index in [1.807, 2.05) is 24.6 Å². The lowest BCUT2D eigenvalue weighted by atomic mass is 9.71. The Morgan fingerprint density at radius 2 is 2.04 bits per heavy atom.